The normalized spacial score (nSPS) is 12.5. The predicted octanol–water partition coefficient (Wildman–Crippen LogP) is 1.68. The van der Waals surface area contributed by atoms with E-state index in [1.807, 2.05) is 6.92 Å². The van der Waals surface area contributed by atoms with Gasteiger partial charge in [0.15, 0.2) is 5.78 Å². The van der Waals surface area contributed by atoms with Crippen molar-refractivity contribution in [1.82, 2.24) is 0 Å². The third-order valence-corrected chi connectivity index (χ3v) is 1.55. The summed E-state index contributed by atoms with van der Waals surface area (Å²) in [6.07, 6.45) is 3.54. The van der Waals surface area contributed by atoms with Crippen LogP contribution in [0.5, 0.6) is 0 Å². The summed E-state index contributed by atoms with van der Waals surface area (Å²) in [6, 6.07) is 0. The highest BCUT2D eigenvalue weighted by Crippen LogP contribution is 2.03. The number of Topliss-reactive ketones (excluding diaryl/α,β-unsaturated/α-hetero) is 1. The Labute approximate surface area is 67.9 Å². The first-order chi connectivity index (χ1) is 5.22. The summed E-state index contributed by atoms with van der Waals surface area (Å²) in [4.78, 5) is 10.9. The number of hydrogen-bond donors (Lipinski definition) is 1. The van der Waals surface area contributed by atoms with Gasteiger partial charge in [-0.05, 0) is 6.42 Å². The van der Waals surface area contributed by atoms with Crippen molar-refractivity contribution in [2.24, 2.45) is 0 Å². The molecule has 0 spiro atoms. The van der Waals surface area contributed by atoms with Crippen LogP contribution in [0.15, 0.2) is 12.7 Å². The molecule has 0 saturated heterocycles. The molecule has 0 amide bonds. The van der Waals surface area contributed by atoms with Crippen LogP contribution in [0.4, 0.5) is 0 Å². The lowest BCUT2D eigenvalue weighted by atomic mass is 10.1. The van der Waals surface area contributed by atoms with E-state index in [4.69, 9.17) is 0 Å². The lowest BCUT2D eigenvalue weighted by Crippen LogP contribution is -2.18. The van der Waals surface area contributed by atoms with Gasteiger partial charge in [0.05, 0.1) is 0 Å². The zero-order valence-corrected chi connectivity index (χ0v) is 7.05. The molecule has 0 aliphatic rings. The molecular formula is C9H16O2. The number of hydrogen-bond acceptors (Lipinski definition) is 2. The number of unbranched alkanes of at least 4 members (excludes halogenated alkanes) is 1. The zero-order valence-electron chi connectivity index (χ0n) is 7.05. The minimum atomic E-state index is -0.770. The van der Waals surface area contributed by atoms with Crippen molar-refractivity contribution in [2.45, 2.75) is 38.7 Å². The van der Waals surface area contributed by atoms with Gasteiger partial charge in [0.2, 0.25) is 0 Å². The third-order valence-electron chi connectivity index (χ3n) is 1.55. The highest BCUT2D eigenvalue weighted by molar-refractivity contribution is 5.83. The maximum absolute atomic E-state index is 10.9. The van der Waals surface area contributed by atoms with Gasteiger partial charge < -0.3 is 5.11 Å². The predicted molar refractivity (Wildman–Crippen MR) is 45.4 cm³/mol. The molecule has 11 heavy (non-hydrogen) atoms. The number of aliphatic hydroxyl groups is 1. The van der Waals surface area contributed by atoms with Crippen molar-refractivity contribution in [3.05, 3.63) is 12.7 Å². The summed E-state index contributed by atoms with van der Waals surface area (Å²) in [6.45, 7) is 5.46. The van der Waals surface area contributed by atoms with Crippen LogP contribution >= 0.6 is 0 Å². The van der Waals surface area contributed by atoms with Gasteiger partial charge in [-0.15, -0.1) is 6.58 Å². The highest BCUT2D eigenvalue weighted by atomic mass is 16.3. The van der Waals surface area contributed by atoms with Crippen LogP contribution in [0.25, 0.3) is 0 Å². The maximum atomic E-state index is 10.9. The molecule has 0 aliphatic heterocycles. The highest BCUT2D eigenvalue weighted by Gasteiger charge is 2.11. The molecule has 1 unspecified atom stereocenters. The number of ketones is 1. The van der Waals surface area contributed by atoms with E-state index in [1.165, 1.54) is 6.08 Å². The first-order valence-corrected chi connectivity index (χ1v) is 4.04. The lowest BCUT2D eigenvalue weighted by molar-refractivity contribution is -0.126. The summed E-state index contributed by atoms with van der Waals surface area (Å²) >= 11 is 0. The summed E-state index contributed by atoms with van der Waals surface area (Å²) in [7, 11) is 0. The van der Waals surface area contributed by atoms with Crippen molar-refractivity contribution < 1.29 is 9.90 Å². The first kappa shape index (κ1) is 10.4. The minimum absolute atomic E-state index is 0.117. The lowest BCUT2D eigenvalue weighted by Gasteiger charge is -2.05. The second-order valence-electron chi connectivity index (χ2n) is 2.62. The molecule has 64 valence electrons. The van der Waals surface area contributed by atoms with E-state index >= 15 is 0 Å². The van der Waals surface area contributed by atoms with Crippen molar-refractivity contribution >= 4 is 5.78 Å². The van der Waals surface area contributed by atoms with Gasteiger partial charge in [-0.1, -0.05) is 25.8 Å². The van der Waals surface area contributed by atoms with Crippen LogP contribution in [-0.4, -0.2) is 17.0 Å². The van der Waals surface area contributed by atoms with Gasteiger partial charge in [0.25, 0.3) is 0 Å². The van der Waals surface area contributed by atoms with Crippen LogP contribution in [0.3, 0.4) is 0 Å². The van der Waals surface area contributed by atoms with Gasteiger partial charge >= 0.3 is 0 Å². The molecule has 2 nitrogen and oxygen atoms in total. The van der Waals surface area contributed by atoms with Gasteiger partial charge in [0.1, 0.15) is 6.10 Å². The third kappa shape index (κ3) is 4.73. The second kappa shape index (κ2) is 6.10. The van der Waals surface area contributed by atoms with Gasteiger partial charge in [-0.25, -0.2) is 0 Å². The van der Waals surface area contributed by atoms with Gasteiger partial charge in [-0.3, -0.25) is 4.79 Å². The van der Waals surface area contributed by atoms with E-state index in [0.717, 1.165) is 12.8 Å². The largest absolute Gasteiger partial charge is 0.385 e. The molecule has 0 aliphatic carbocycles. The van der Waals surface area contributed by atoms with Crippen LogP contribution in [0.2, 0.25) is 0 Å². The maximum Gasteiger partial charge on any atom is 0.164 e. The number of rotatable bonds is 6. The average Bonchev–Trinajstić information content (AvgIpc) is 2.00. The Hall–Kier alpha value is -0.630. The zero-order chi connectivity index (χ0) is 8.69. The minimum Gasteiger partial charge on any atom is -0.385 e. The van der Waals surface area contributed by atoms with E-state index in [9.17, 15) is 9.90 Å². The Bertz CT molecular complexity index is 130. The fourth-order valence-corrected chi connectivity index (χ4v) is 0.837. The molecule has 0 fully saturated rings. The summed E-state index contributed by atoms with van der Waals surface area (Å²) in [5.74, 6) is -0.117. The molecule has 0 aromatic carbocycles. The molecular weight excluding hydrogens is 140 g/mol. The van der Waals surface area contributed by atoms with Crippen LogP contribution in [0.1, 0.15) is 32.6 Å². The molecule has 0 aromatic rings. The Kier molecular flexibility index (Phi) is 5.75. The van der Waals surface area contributed by atoms with E-state index in [0.29, 0.717) is 6.42 Å². The fourth-order valence-electron chi connectivity index (χ4n) is 0.837. The smallest absolute Gasteiger partial charge is 0.164 e. The number of allylic oxidation sites excluding steroid dienone is 1. The van der Waals surface area contributed by atoms with E-state index in [2.05, 4.69) is 6.58 Å². The summed E-state index contributed by atoms with van der Waals surface area (Å²) in [5.41, 5.74) is 0. The summed E-state index contributed by atoms with van der Waals surface area (Å²) in [5, 5.41) is 9.18. The molecule has 0 bridgehead atoms. The molecule has 0 heterocycles. The molecule has 2 heteroatoms. The monoisotopic (exact) mass is 156 g/mol. The van der Waals surface area contributed by atoms with E-state index in [-0.39, 0.29) is 12.2 Å². The van der Waals surface area contributed by atoms with Crippen LogP contribution in [-0.2, 0) is 4.79 Å². The molecule has 0 aromatic heterocycles. The Morgan fingerprint density at radius 2 is 2.36 bits per heavy atom. The molecule has 0 saturated carbocycles. The van der Waals surface area contributed by atoms with Crippen LogP contribution in [0, 0.1) is 0 Å². The standard InChI is InChI=1S/C9H16O2/c1-3-5-7-9(11)8(10)6-4-2/h4,9,11H,2-3,5-7H2,1H3. The first-order valence-electron chi connectivity index (χ1n) is 4.04. The Morgan fingerprint density at radius 3 is 2.82 bits per heavy atom. The van der Waals surface area contributed by atoms with Crippen molar-refractivity contribution in [1.29, 1.82) is 0 Å². The van der Waals surface area contributed by atoms with E-state index in [1.54, 1.807) is 0 Å². The van der Waals surface area contributed by atoms with Crippen molar-refractivity contribution in [3.8, 4) is 0 Å². The van der Waals surface area contributed by atoms with Gasteiger partial charge in [-0.2, -0.15) is 0 Å². The average molecular weight is 156 g/mol. The molecule has 0 rings (SSSR count). The molecule has 0 radical (unpaired) electrons. The number of carbonyl (C=O) groups is 1. The quantitative estimate of drug-likeness (QED) is 0.594. The molecule has 1 N–H and O–H groups in total. The number of carbonyl (C=O) groups excluding carboxylic acids is 1. The summed E-state index contributed by atoms with van der Waals surface area (Å²) < 4.78 is 0. The topological polar surface area (TPSA) is 37.3 Å². The Balaban J connectivity index is 3.54. The SMILES string of the molecule is C=CCC(=O)C(O)CCCC. The van der Waals surface area contributed by atoms with Crippen LogP contribution < -0.4 is 0 Å². The number of aliphatic hydroxyl groups excluding tert-OH is 1. The van der Waals surface area contributed by atoms with Crippen molar-refractivity contribution in [3.63, 3.8) is 0 Å². The van der Waals surface area contributed by atoms with E-state index < -0.39 is 6.10 Å². The molecule has 1 atom stereocenters. The van der Waals surface area contributed by atoms with Gasteiger partial charge in [0, 0.05) is 6.42 Å². The Morgan fingerprint density at radius 1 is 1.73 bits per heavy atom. The van der Waals surface area contributed by atoms with Crippen molar-refractivity contribution in [2.75, 3.05) is 0 Å². The fraction of sp³-hybridized carbons (Fsp3) is 0.667. The second-order valence-corrected chi connectivity index (χ2v) is 2.62.